The molecular weight excluding hydrogens is 170 g/mol. The highest BCUT2D eigenvalue weighted by atomic mass is 14.9. The van der Waals surface area contributed by atoms with E-state index in [-0.39, 0.29) is 0 Å². The van der Waals surface area contributed by atoms with E-state index >= 15 is 0 Å². The van der Waals surface area contributed by atoms with Crippen LogP contribution in [0.15, 0.2) is 0 Å². The summed E-state index contributed by atoms with van der Waals surface area (Å²) in [5.74, 6) is 0.978. The first-order valence-electron chi connectivity index (χ1n) is 6.41. The molecule has 0 heterocycles. The molecule has 0 radical (unpaired) electrons. The number of nitrogens with one attached hydrogen (secondary N) is 1. The third kappa shape index (κ3) is 2.50. The van der Waals surface area contributed by atoms with Crippen molar-refractivity contribution >= 4 is 0 Å². The summed E-state index contributed by atoms with van der Waals surface area (Å²) in [4.78, 5) is 0. The zero-order valence-electron chi connectivity index (χ0n) is 9.81. The van der Waals surface area contributed by atoms with E-state index in [2.05, 4.69) is 19.2 Å². The highest BCUT2D eigenvalue weighted by Gasteiger charge is 2.30. The molecule has 1 nitrogen and oxygen atoms in total. The predicted molar refractivity (Wildman–Crippen MR) is 61.4 cm³/mol. The predicted octanol–water partition coefficient (Wildman–Crippen LogP) is 3.34. The Morgan fingerprint density at radius 3 is 2.36 bits per heavy atom. The fraction of sp³-hybridized carbons (Fsp3) is 1.00. The van der Waals surface area contributed by atoms with E-state index in [9.17, 15) is 0 Å². The van der Waals surface area contributed by atoms with E-state index in [1.54, 1.807) is 0 Å². The molecule has 82 valence electrons. The molecule has 1 N–H and O–H groups in total. The zero-order valence-corrected chi connectivity index (χ0v) is 9.81. The van der Waals surface area contributed by atoms with Crippen LogP contribution in [0, 0.1) is 11.3 Å². The van der Waals surface area contributed by atoms with Gasteiger partial charge in [0.2, 0.25) is 0 Å². The monoisotopic (exact) mass is 195 g/mol. The highest BCUT2D eigenvalue weighted by Crippen LogP contribution is 2.36. The molecular formula is C13H25N. The summed E-state index contributed by atoms with van der Waals surface area (Å²) in [7, 11) is 0. The van der Waals surface area contributed by atoms with Crippen molar-refractivity contribution in [3.8, 4) is 0 Å². The molecule has 0 aromatic heterocycles. The molecule has 0 spiro atoms. The summed E-state index contributed by atoms with van der Waals surface area (Å²) in [5.41, 5.74) is 0.622. The van der Waals surface area contributed by atoms with Gasteiger partial charge >= 0.3 is 0 Å². The SMILES string of the molecule is CC1CC(NCC2(C)CCCCC2)C1. The summed E-state index contributed by atoms with van der Waals surface area (Å²) < 4.78 is 0. The van der Waals surface area contributed by atoms with Crippen LogP contribution in [-0.4, -0.2) is 12.6 Å². The van der Waals surface area contributed by atoms with Gasteiger partial charge in [-0.3, -0.25) is 0 Å². The van der Waals surface area contributed by atoms with Crippen molar-refractivity contribution < 1.29 is 0 Å². The maximum atomic E-state index is 3.76. The Hall–Kier alpha value is -0.0400. The van der Waals surface area contributed by atoms with Gasteiger partial charge in [-0.2, -0.15) is 0 Å². The van der Waals surface area contributed by atoms with Crippen LogP contribution in [0.5, 0.6) is 0 Å². The third-order valence-corrected chi connectivity index (χ3v) is 4.25. The van der Waals surface area contributed by atoms with Crippen LogP contribution in [0.2, 0.25) is 0 Å². The van der Waals surface area contributed by atoms with Crippen LogP contribution in [0.4, 0.5) is 0 Å². The molecule has 2 saturated carbocycles. The lowest BCUT2D eigenvalue weighted by Crippen LogP contribution is -2.45. The molecule has 14 heavy (non-hydrogen) atoms. The summed E-state index contributed by atoms with van der Waals surface area (Å²) in [6, 6.07) is 0.851. The quantitative estimate of drug-likeness (QED) is 0.728. The van der Waals surface area contributed by atoms with Gasteiger partial charge < -0.3 is 5.32 Å². The molecule has 0 aliphatic heterocycles. The number of rotatable bonds is 3. The minimum Gasteiger partial charge on any atom is -0.313 e. The fourth-order valence-electron chi connectivity index (χ4n) is 3.04. The molecule has 0 aromatic rings. The lowest BCUT2D eigenvalue weighted by Gasteiger charge is -2.39. The standard InChI is InChI=1S/C13H25N/c1-11-8-12(9-11)14-10-13(2)6-4-3-5-7-13/h11-12,14H,3-10H2,1-2H3. The Morgan fingerprint density at radius 2 is 1.79 bits per heavy atom. The van der Waals surface area contributed by atoms with Crippen LogP contribution in [0.3, 0.4) is 0 Å². The Balaban J connectivity index is 1.68. The van der Waals surface area contributed by atoms with Crippen molar-refractivity contribution in [1.29, 1.82) is 0 Å². The fourth-order valence-corrected chi connectivity index (χ4v) is 3.04. The van der Waals surface area contributed by atoms with E-state index in [0.717, 1.165) is 12.0 Å². The second-order valence-electron chi connectivity index (χ2n) is 6.03. The van der Waals surface area contributed by atoms with Gasteiger partial charge in [-0.25, -0.2) is 0 Å². The van der Waals surface area contributed by atoms with Crippen molar-refractivity contribution in [2.75, 3.05) is 6.54 Å². The number of hydrogen-bond donors (Lipinski definition) is 1. The summed E-state index contributed by atoms with van der Waals surface area (Å²) in [6.07, 6.45) is 10.1. The zero-order chi connectivity index (χ0) is 10.0. The summed E-state index contributed by atoms with van der Waals surface area (Å²) in [6.45, 7) is 6.10. The normalized spacial score (nSPS) is 36.4. The molecule has 2 fully saturated rings. The van der Waals surface area contributed by atoms with Gasteiger partial charge in [-0.15, -0.1) is 0 Å². The molecule has 0 saturated heterocycles. The van der Waals surface area contributed by atoms with Crippen LogP contribution >= 0.6 is 0 Å². The average molecular weight is 195 g/mol. The Labute approximate surface area is 88.7 Å². The van der Waals surface area contributed by atoms with Crippen molar-refractivity contribution in [2.24, 2.45) is 11.3 Å². The Morgan fingerprint density at radius 1 is 1.14 bits per heavy atom. The minimum atomic E-state index is 0.622. The van der Waals surface area contributed by atoms with Crippen molar-refractivity contribution in [1.82, 2.24) is 5.32 Å². The molecule has 2 aliphatic rings. The molecule has 2 aliphatic carbocycles. The van der Waals surface area contributed by atoms with Gasteiger partial charge in [0.25, 0.3) is 0 Å². The van der Waals surface area contributed by atoms with Gasteiger partial charge in [-0.1, -0.05) is 33.1 Å². The molecule has 0 unspecified atom stereocenters. The topological polar surface area (TPSA) is 12.0 Å². The first kappa shape index (κ1) is 10.5. The van der Waals surface area contributed by atoms with Gasteiger partial charge in [0.1, 0.15) is 0 Å². The Bertz CT molecular complexity index is 176. The van der Waals surface area contributed by atoms with Crippen LogP contribution in [0.1, 0.15) is 58.8 Å². The summed E-state index contributed by atoms with van der Waals surface area (Å²) in [5, 5.41) is 3.76. The molecule has 0 aromatic carbocycles. The highest BCUT2D eigenvalue weighted by molar-refractivity contribution is 4.87. The van der Waals surface area contributed by atoms with E-state index in [1.165, 1.54) is 51.5 Å². The van der Waals surface area contributed by atoms with Gasteiger partial charge in [-0.05, 0) is 37.0 Å². The maximum Gasteiger partial charge on any atom is 0.00723 e. The van der Waals surface area contributed by atoms with Gasteiger partial charge in [0, 0.05) is 12.6 Å². The molecule has 2 rings (SSSR count). The average Bonchev–Trinajstić information content (AvgIpc) is 2.12. The minimum absolute atomic E-state index is 0.622. The first-order valence-corrected chi connectivity index (χ1v) is 6.41. The van der Waals surface area contributed by atoms with Crippen molar-refractivity contribution in [3.05, 3.63) is 0 Å². The van der Waals surface area contributed by atoms with Crippen LogP contribution in [-0.2, 0) is 0 Å². The summed E-state index contributed by atoms with van der Waals surface area (Å²) >= 11 is 0. The van der Waals surface area contributed by atoms with Gasteiger partial charge in [0.15, 0.2) is 0 Å². The molecule has 0 bridgehead atoms. The van der Waals surface area contributed by atoms with Gasteiger partial charge in [0.05, 0.1) is 0 Å². The van der Waals surface area contributed by atoms with E-state index in [4.69, 9.17) is 0 Å². The lowest BCUT2D eigenvalue weighted by molar-refractivity contribution is 0.166. The third-order valence-electron chi connectivity index (χ3n) is 4.25. The largest absolute Gasteiger partial charge is 0.313 e. The second-order valence-corrected chi connectivity index (χ2v) is 6.03. The number of hydrogen-bond acceptors (Lipinski definition) is 1. The van der Waals surface area contributed by atoms with E-state index < -0.39 is 0 Å². The molecule has 1 heteroatoms. The Kier molecular flexibility index (Phi) is 3.16. The molecule has 0 amide bonds. The van der Waals surface area contributed by atoms with Crippen LogP contribution < -0.4 is 5.32 Å². The smallest absolute Gasteiger partial charge is 0.00723 e. The van der Waals surface area contributed by atoms with E-state index in [1.807, 2.05) is 0 Å². The first-order chi connectivity index (χ1) is 6.68. The van der Waals surface area contributed by atoms with Crippen molar-refractivity contribution in [3.63, 3.8) is 0 Å². The maximum absolute atomic E-state index is 3.76. The van der Waals surface area contributed by atoms with Crippen LogP contribution in [0.25, 0.3) is 0 Å². The second kappa shape index (κ2) is 4.22. The lowest BCUT2D eigenvalue weighted by atomic mass is 9.74. The molecule has 0 atom stereocenters. The van der Waals surface area contributed by atoms with E-state index in [0.29, 0.717) is 5.41 Å². The van der Waals surface area contributed by atoms with Crippen molar-refractivity contribution in [2.45, 2.75) is 64.8 Å².